The number of nitrogens with one attached hydrogen (secondary N) is 2. The Bertz CT molecular complexity index is 608. The van der Waals surface area contributed by atoms with Crippen LogP contribution >= 0.6 is 12.4 Å². The van der Waals surface area contributed by atoms with Gasteiger partial charge in [-0.1, -0.05) is 13.0 Å². The summed E-state index contributed by atoms with van der Waals surface area (Å²) in [6.07, 6.45) is 3.06. The van der Waals surface area contributed by atoms with Crippen LogP contribution in [0, 0.1) is 11.8 Å². The minimum Gasteiger partial charge on any atom is -0.334 e. The van der Waals surface area contributed by atoms with E-state index >= 15 is 0 Å². The molecule has 3 unspecified atom stereocenters. The SMILES string of the molecule is CNCC1CCCN1C(=O)c1cccc(NC(=O)C2CC2C)c1.Cl. The number of carbonyl (C=O) groups excluding carboxylic acids is 2. The first-order valence-electron chi connectivity index (χ1n) is 8.46. The number of amides is 2. The van der Waals surface area contributed by atoms with Crippen molar-refractivity contribution in [3.8, 4) is 0 Å². The highest BCUT2D eigenvalue weighted by atomic mass is 35.5. The van der Waals surface area contributed by atoms with Crippen molar-refractivity contribution in [3.05, 3.63) is 29.8 Å². The summed E-state index contributed by atoms with van der Waals surface area (Å²) in [6.45, 7) is 3.71. The Morgan fingerprint density at radius 3 is 2.75 bits per heavy atom. The summed E-state index contributed by atoms with van der Waals surface area (Å²) in [7, 11) is 1.91. The molecule has 3 atom stereocenters. The lowest BCUT2D eigenvalue weighted by Crippen LogP contribution is -2.40. The number of anilines is 1. The van der Waals surface area contributed by atoms with Crippen LogP contribution in [0.5, 0.6) is 0 Å². The van der Waals surface area contributed by atoms with Gasteiger partial charge in [0.25, 0.3) is 5.91 Å². The van der Waals surface area contributed by atoms with Gasteiger partial charge >= 0.3 is 0 Å². The highest BCUT2D eigenvalue weighted by molar-refractivity contribution is 5.98. The summed E-state index contributed by atoms with van der Waals surface area (Å²) >= 11 is 0. The van der Waals surface area contributed by atoms with E-state index in [2.05, 4.69) is 17.6 Å². The van der Waals surface area contributed by atoms with Crippen LogP contribution in [-0.2, 0) is 4.79 Å². The average Bonchev–Trinajstić information content (AvgIpc) is 3.10. The fourth-order valence-corrected chi connectivity index (χ4v) is 3.37. The zero-order valence-electron chi connectivity index (χ0n) is 14.2. The topological polar surface area (TPSA) is 61.4 Å². The maximum atomic E-state index is 12.8. The van der Waals surface area contributed by atoms with Crippen LogP contribution in [0.4, 0.5) is 5.69 Å². The summed E-state index contributed by atoms with van der Waals surface area (Å²) in [6, 6.07) is 7.56. The second kappa shape index (κ2) is 7.99. The summed E-state index contributed by atoms with van der Waals surface area (Å²) in [5.41, 5.74) is 1.36. The van der Waals surface area contributed by atoms with Crippen LogP contribution in [0.1, 0.15) is 36.5 Å². The number of likely N-dealkylation sites (N-methyl/N-ethyl adjacent to an activating group) is 1. The number of likely N-dealkylation sites (tertiary alicyclic amines) is 1. The molecular weight excluding hydrogens is 326 g/mol. The lowest BCUT2D eigenvalue weighted by molar-refractivity contribution is -0.117. The fourth-order valence-electron chi connectivity index (χ4n) is 3.37. The highest BCUT2D eigenvalue weighted by Gasteiger charge is 2.39. The van der Waals surface area contributed by atoms with E-state index in [9.17, 15) is 9.59 Å². The predicted molar refractivity (Wildman–Crippen MR) is 97.6 cm³/mol. The molecule has 1 aliphatic carbocycles. The van der Waals surface area contributed by atoms with Gasteiger partial charge < -0.3 is 15.5 Å². The van der Waals surface area contributed by atoms with Gasteiger partial charge in [0.15, 0.2) is 0 Å². The Balaban J connectivity index is 0.00000208. The number of hydrogen-bond acceptors (Lipinski definition) is 3. The molecule has 3 rings (SSSR count). The smallest absolute Gasteiger partial charge is 0.254 e. The van der Waals surface area contributed by atoms with Crippen molar-refractivity contribution in [2.75, 3.05) is 25.5 Å². The molecule has 0 spiro atoms. The van der Waals surface area contributed by atoms with E-state index in [4.69, 9.17) is 0 Å². The second-order valence-corrected chi connectivity index (χ2v) is 6.74. The van der Waals surface area contributed by atoms with Crippen molar-refractivity contribution in [1.29, 1.82) is 0 Å². The molecular formula is C18H26ClN3O2. The van der Waals surface area contributed by atoms with Crippen LogP contribution in [0.3, 0.4) is 0 Å². The third-order valence-electron chi connectivity index (χ3n) is 4.90. The lowest BCUT2D eigenvalue weighted by atomic mass is 10.1. The van der Waals surface area contributed by atoms with Crippen molar-refractivity contribution in [1.82, 2.24) is 10.2 Å². The molecule has 1 saturated heterocycles. The molecule has 1 aliphatic heterocycles. The van der Waals surface area contributed by atoms with Crippen LogP contribution < -0.4 is 10.6 Å². The Morgan fingerprint density at radius 2 is 2.08 bits per heavy atom. The van der Waals surface area contributed by atoms with Gasteiger partial charge in [0, 0.05) is 36.3 Å². The molecule has 1 aromatic rings. The second-order valence-electron chi connectivity index (χ2n) is 6.74. The third-order valence-corrected chi connectivity index (χ3v) is 4.90. The van der Waals surface area contributed by atoms with Gasteiger partial charge in [0.2, 0.25) is 5.91 Å². The van der Waals surface area contributed by atoms with Crippen LogP contribution in [0.2, 0.25) is 0 Å². The molecule has 2 fully saturated rings. The zero-order valence-corrected chi connectivity index (χ0v) is 15.1. The fraction of sp³-hybridized carbons (Fsp3) is 0.556. The van der Waals surface area contributed by atoms with E-state index in [0.29, 0.717) is 17.2 Å². The van der Waals surface area contributed by atoms with Crippen molar-refractivity contribution in [3.63, 3.8) is 0 Å². The van der Waals surface area contributed by atoms with Gasteiger partial charge in [-0.3, -0.25) is 9.59 Å². The normalized spacial score (nSPS) is 25.1. The van der Waals surface area contributed by atoms with Crippen molar-refractivity contribution in [2.24, 2.45) is 11.8 Å². The number of halogens is 1. The molecule has 2 N–H and O–H groups in total. The van der Waals surface area contributed by atoms with Crippen LogP contribution in [-0.4, -0.2) is 42.9 Å². The first kappa shape index (κ1) is 18.7. The van der Waals surface area contributed by atoms with Gasteiger partial charge in [0.05, 0.1) is 0 Å². The van der Waals surface area contributed by atoms with E-state index in [-0.39, 0.29) is 36.2 Å². The van der Waals surface area contributed by atoms with Crippen LogP contribution in [0.15, 0.2) is 24.3 Å². The maximum absolute atomic E-state index is 12.8. The molecule has 0 radical (unpaired) electrons. The van der Waals surface area contributed by atoms with E-state index in [1.807, 2.05) is 30.1 Å². The molecule has 6 heteroatoms. The Hall–Kier alpha value is -1.59. The number of benzene rings is 1. The zero-order chi connectivity index (χ0) is 16.4. The number of nitrogens with zero attached hydrogens (tertiary/aromatic N) is 1. The Kier molecular flexibility index (Phi) is 6.24. The summed E-state index contributed by atoms with van der Waals surface area (Å²) in [4.78, 5) is 26.7. The number of rotatable bonds is 5. The van der Waals surface area contributed by atoms with Crippen molar-refractivity contribution in [2.45, 2.75) is 32.2 Å². The largest absolute Gasteiger partial charge is 0.334 e. The molecule has 2 aliphatic rings. The molecule has 0 bridgehead atoms. The molecule has 5 nitrogen and oxygen atoms in total. The van der Waals surface area contributed by atoms with Gasteiger partial charge in [-0.25, -0.2) is 0 Å². The first-order chi connectivity index (χ1) is 11.1. The third kappa shape index (κ3) is 4.08. The minimum absolute atomic E-state index is 0. The molecule has 1 aromatic carbocycles. The van der Waals surface area contributed by atoms with E-state index in [0.717, 1.165) is 32.4 Å². The molecule has 132 valence electrons. The quantitative estimate of drug-likeness (QED) is 0.857. The average molecular weight is 352 g/mol. The summed E-state index contributed by atoms with van der Waals surface area (Å²) in [5, 5.41) is 6.09. The minimum atomic E-state index is 0. The van der Waals surface area contributed by atoms with Gasteiger partial charge in [-0.2, -0.15) is 0 Å². The van der Waals surface area contributed by atoms with Gasteiger partial charge in [-0.15, -0.1) is 12.4 Å². The highest BCUT2D eigenvalue weighted by Crippen LogP contribution is 2.38. The lowest BCUT2D eigenvalue weighted by Gasteiger charge is -2.24. The molecule has 24 heavy (non-hydrogen) atoms. The Labute approximate surface area is 149 Å². The maximum Gasteiger partial charge on any atom is 0.254 e. The predicted octanol–water partition coefficient (Wildman–Crippen LogP) is 2.53. The van der Waals surface area contributed by atoms with Crippen LogP contribution in [0.25, 0.3) is 0 Å². The summed E-state index contributed by atoms with van der Waals surface area (Å²) < 4.78 is 0. The molecule has 0 aromatic heterocycles. The number of carbonyl (C=O) groups is 2. The standard InChI is InChI=1S/C18H25N3O2.ClH/c1-12-9-16(12)17(22)20-14-6-3-5-13(10-14)18(23)21-8-4-7-15(21)11-19-2;/h3,5-6,10,12,15-16,19H,4,7-9,11H2,1-2H3,(H,20,22);1H. The van der Waals surface area contributed by atoms with Crippen molar-refractivity contribution >= 4 is 29.9 Å². The molecule has 2 amide bonds. The monoisotopic (exact) mass is 351 g/mol. The Morgan fingerprint density at radius 1 is 1.33 bits per heavy atom. The van der Waals surface area contributed by atoms with E-state index in [1.165, 1.54) is 0 Å². The van der Waals surface area contributed by atoms with E-state index in [1.54, 1.807) is 6.07 Å². The first-order valence-corrected chi connectivity index (χ1v) is 8.46. The van der Waals surface area contributed by atoms with Crippen molar-refractivity contribution < 1.29 is 9.59 Å². The number of hydrogen-bond donors (Lipinski definition) is 2. The molecule has 1 heterocycles. The van der Waals surface area contributed by atoms with E-state index < -0.39 is 0 Å². The van der Waals surface area contributed by atoms with Gasteiger partial charge in [-0.05, 0) is 50.4 Å². The molecule has 1 saturated carbocycles. The van der Waals surface area contributed by atoms with Gasteiger partial charge in [0.1, 0.15) is 0 Å². The summed E-state index contributed by atoms with van der Waals surface area (Å²) in [5.74, 6) is 0.731.